The molecule has 0 bridgehead atoms. The van der Waals surface area contributed by atoms with E-state index in [2.05, 4.69) is 50.4 Å². The van der Waals surface area contributed by atoms with Crippen LogP contribution in [0, 0.1) is 12.3 Å². The fourth-order valence-corrected chi connectivity index (χ4v) is 4.22. The van der Waals surface area contributed by atoms with Gasteiger partial charge in [-0.3, -0.25) is 4.79 Å². The Kier molecular flexibility index (Phi) is 6.33. The van der Waals surface area contributed by atoms with Crippen LogP contribution in [-0.4, -0.2) is 32.9 Å². The predicted octanol–water partition coefficient (Wildman–Crippen LogP) is 3.60. The molecule has 2 rings (SSSR count). The van der Waals surface area contributed by atoms with Gasteiger partial charge in [-0.1, -0.05) is 38.8 Å². The molecule has 0 saturated carbocycles. The number of amides is 1. The normalized spacial score (nSPS) is 21.9. The van der Waals surface area contributed by atoms with Gasteiger partial charge in [-0.15, -0.1) is 6.42 Å². The van der Waals surface area contributed by atoms with Gasteiger partial charge >= 0.3 is 0 Å². The third kappa shape index (κ3) is 4.97. The van der Waals surface area contributed by atoms with Crippen molar-refractivity contribution in [2.75, 3.05) is 6.54 Å². The first-order valence-electron chi connectivity index (χ1n) is 9.31. The summed E-state index contributed by atoms with van der Waals surface area (Å²) in [7, 11) is -1.82. The standard InChI is InChI=1S/C21H32N2O2Si/c1-8-16-9-11-17(12-10-16)15(2)23-20(24)19-13-18(14-22-19)25-26(6,7)21(3,4)5/h1,9-12,15,18-19,22H,13-14H2,2-7H3,(H,23,24)/t15-,18?,19-/m0/s1. The number of benzene rings is 1. The van der Waals surface area contributed by atoms with Crippen molar-refractivity contribution in [1.82, 2.24) is 10.6 Å². The molecule has 142 valence electrons. The summed E-state index contributed by atoms with van der Waals surface area (Å²) in [6, 6.07) is 7.47. The van der Waals surface area contributed by atoms with Gasteiger partial charge in [-0.2, -0.15) is 0 Å². The molecule has 1 aromatic carbocycles. The Hall–Kier alpha value is -1.61. The van der Waals surface area contributed by atoms with Crippen LogP contribution in [0.15, 0.2) is 24.3 Å². The number of nitrogens with one attached hydrogen (secondary N) is 2. The molecule has 3 atom stereocenters. The largest absolute Gasteiger partial charge is 0.413 e. The molecule has 26 heavy (non-hydrogen) atoms. The van der Waals surface area contributed by atoms with E-state index in [1.807, 2.05) is 31.2 Å². The Morgan fingerprint density at radius 3 is 2.50 bits per heavy atom. The van der Waals surface area contributed by atoms with E-state index in [1.165, 1.54) is 0 Å². The number of terminal acetylenes is 1. The molecule has 0 spiro atoms. The van der Waals surface area contributed by atoms with Gasteiger partial charge in [-0.05, 0) is 49.2 Å². The molecule has 1 unspecified atom stereocenters. The van der Waals surface area contributed by atoms with Crippen LogP contribution in [0.2, 0.25) is 18.1 Å². The van der Waals surface area contributed by atoms with Crippen LogP contribution in [0.25, 0.3) is 0 Å². The van der Waals surface area contributed by atoms with Gasteiger partial charge in [0, 0.05) is 12.1 Å². The van der Waals surface area contributed by atoms with E-state index in [4.69, 9.17) is 10.8 Å². The SMILES string of the molecule is C#Cc1ccc([C@H](C)NC(=O)[C@@H]2CC(O[Si](C)(C)C(C)(C)C)CN2)cc1. The zero-order valence-electron chi connectivity index (χ0n) is 16.8. The number of carbonyl (C=O) groups excluding carboxylic acids is 1. The lowest BCUT2D eigenvalue weighted by Crippen LogP contribution is -2.44. The maximum absolute atomic E-state index is 12.6. The zero-order chi connectivity index (χ0) is 19.5. The van der Waals surface area contributed by atoms with Gasteiger partial charge in [0.15, 0.2) is 8.32 Å². The summed E-state index contributed by atoms with van der Waals surface area (Å²) in [5, 5.41) is 6.58. The first kappa shape index (κ1) is 20.7. The lowest BCUT2D eigenvalue weighted by molar-refractivity contribution is -0.123. The maximum atomic E-state index is 12.6. The van der Waals surface area contributed by atoms with Gasteiger partial charge in [0.2, 0.25) is 5.91 Å². The maximum Gasteiger partial charge on any atom is 0.237 e. The molecule has 1 amide bonds. The third-order valence-electron chi connectivity index (χ3n) is 5.61. The Balaban J connectivity index is 1.90. The van der Waals surface area contributed by atoms with Crippen LogP contribution in [-0.2, 0) is 9.22 Å². The van der Waals surface area contributed by atoms with Crippen LogP contribution in [0.4, 0.5) is 0 Å². The van der Waals surface area contributed by atoms with Crippen molar-refractivity contribution < 1.29 is 9.22 Å². The van der Waals surface area contributed by atoms with Gasteiger partial charge in [0.25, 0.3) is 0 Å². The minimum atomic E-state index is -1.82. The van der Waals surface area contributed by atoms with Crippen LogP contribution in [0.5, 0.6) is 0 Å². The number of rotatable bonds is 5. The van der Waals surface area contributed by atoms with E-state index in [0.717, 1.165) is 24.1 Å². The van der Waals surface area contributed by atoms with Crippen molar-refractivity contribution in [2.45, 2.75) is 70.4 Å². The molecular formula is C21H32N2O2Si. The second-order valence-corrected chi connectivity index (χ2v) is 13.4. The molecule has 1 aliphatic heterocycles. The highest BCUT2D eigenvalue weighted by molar-refractivity contribution is 6.74. The van der Waals surface area contributed by atoms with Gasteiger partial charge in [-0.25, -0.2) is 0 Å². The average molecular weight is 373 g/mol. The van der Waals surface area contributed by atoms with E-state index in [9.17, 15) is 4.79 Å². The van der Waals surface area contributed by atoms with Gasteiger partial charge < -0.3 is 15.1 Å². The summed E-state index contributed by atoms with van der Waals surface area (Å²) in [5.74, 6) is 2.63. The second-order valence-electron chi connectivity index (χ2n) is 8.69. The molecule has 5 heteroatoms. The van der Waals surface area contributed by atoms with Crippen LogP contribution >= 0.6 is 0 Å². The molecule has 2 N–H and O–H groups in total. The Labute approximate surface area is 159 Å². The van der Waals surface area contributed by atoms with Crippen LogP contribution in [0.1, 0.15) is 51.3 Å². The summed E-state index contributed by atoms with van der Waals surface area (Å²) < 4.78 is 6.44. The van der Waals surface area contributed by atoms with Crippen LogP contribution < -0.4 is 10.6 Å². The van der Waals surface area contributed by atoms with Gasteiger partial charge in [0.1, 0.15) is 0 Å². The summed E-state index contributed by atoms with van der Waals surface area (Å²) >= 11 is 0. The highest BCUT2D eigenvalue weighted by Gasteiger charge is 2.41. The molecule has 1 saturated heterocycles. The smallest absolute Gasteiger partial charge is 0.237 e. The summed E-state index contributed by atoms with van der Waals surface area (Å²) in [5.41, 5.74) is 1.89. The lowest BCUT2D eigenvalue weighted by atomic mass is 10.1. The summed E-state index contributed by atoms with van der Waals surface area (Å²) in [6.45, 7) is 13.9. The fourth-order valence-electron chi connectivity index (χ4n) is 2.85. The van der Waals surface area contributed by atoms with Crippen LogP contribution in [0.3, 0.4) is 0 Å². The van der Waals surface area contributed by atoms with Crippen molar-refractivity contribution in [1.29, 1.82) is 0 Å². The highest BCUT2D eigenvalue weighted by atomic mass is 28.4. The number of hydrogen-bond donors (Lipinski definition) is 2. The van der Waals surface area contributed by atoms with Crippen molar-refractivity contribution >= 4 is 14.2 Å². The molecule has 1 aliphatic rings. The zero-order valence-corrected chi connectivity index (χ0v) is 17.8. The van der Waals surface area contributed by atoms with Crippen molar-refractivity contribution in [2.24, 2.45) is 0 Å². The van der Waals surface area contributed by atoms with Gasteiger partial charge in [0.05, 0.1) is 18.2 Å². The molecule has 0 aliphatic carbocycles. The Morgan fingerprint density at radius 1 is 1.35 bits per heavy atom. The minimum absolute atomic E-state index is 0.0276. The fraction of sp³-hybridized carbons (Fsp3) is 0.571. The second kappa shape index (κ2) is 7.95. The average Bonchev–Trinajstić information content (AvgIpc) is 3.01. The summed E-state index contributed by atoms with van der Waals surface area (Å²) in [4.78, 5) is 12.6. The molecule has 1 aromatic rings. The van der Waals surface area contributed by atoms with Crippen molar-refractivity contribution in [3.05, 3.63) is 35.4 Å². The highest BCUT2D eigenvalue weighted by Crippen LogP contribution is 2.38. The summed E-state index contributed by atoms with van der Waals surface area (Å²) in [6.07, 6.45) is 6.22. The quantitative estimate of drug-likeness (QED) is 0.613. The first-order chi connectivity index (χ1) is 12.0. The van der Waals surface area contributed by atoms with E-state index >= 15 is 0 Å². The monoisotopic (exact) mass is 372 g/mol. The molecule has 0 aromatic heterocycles. The minimum Gasteiger partial charge on any atom is -0.413 e. The number of carbonyl (C=O) groups is 1. The predicted molar refractivity (Wildman–Crippen MR) is 109 cm³/mol. The molecule has 1 fully saturated rings. The lowest BCUT2D eigenvalue weighted by Gasteiger charge is -2.38. The molecule has 1 heterocycles. The van der Waals surface area contributed by atoms with E-state index in [0.29, 0.717) is 0 Å². The Bertz CT molecular complexity index is 671. The first-order valence-corrected chi connectivity index (χ1v) is 12.2. The third-order valence-corrected chi connectivity index (χ3v) is 10.1. The van der Waals surface area contributed by atoms with E-state index < -0.39 is 8.32 Å². The van der Waals surface area contributed by atoms with E-state index in [-0.39, 0.29) is 29.1 Å². The van der Waals surface area contributed by atoms with E-state index in [1.54, 1.807) is 0 Å². The van der Waals surface area contributed by atoms with Crippen molar-refractivity contribution in [3.8, 4) is 12.3 Å². The molecule has 4 nitrogen and oxygen atoms in total. The molecular weight excluding hydrogens is 340 g/mol. The number of hydrogen-bond acceptors (Lipinski definition) is 3. The topological polar surface area (TPSA) is 50.4 Å². The Morgan fingerprint density at radius 2 is 1.96 bits per heavy atom. The molecule has 0 radical (unpaired) electrons. The van der Waals surface area contributed by atoms with Crippen molar-refractivity contribution in [3.63, 3.8) is 0 Å².